The first-order valence-corrected chi connectivity index (χ1v) is 7.84. The van der Waals surface area contributed by atoms with Crippen LogP contribution in [0.15, 0.2) is 24.3 Å². The van der Waals surface area contributed by atoms with Crippen LogP contribution in [0.25, 0.3) is 0 Å². The maximum Gasteiger partial charge on any atom is 0.208 e. The number of piperidine rings is 1. The summed E-state index contributed by atoms with van der Waals surface area (Å²) in [5.74, 6) is 0.618. The van der Waals surface area contributed by atoms with Crippen LogP contribution in [0.2, 0.25) is 0 Å². The molecule has 3 nitrogen and oxygen atoms in total. The molecule has 20 heavy (non-hydrogen) atoms. The zero-order valence-electron chi connectivity index (χ0n) is 11.6. The molecule has 106 valence electrons. The molecule has 0 spiro atoms. The maximum atomic E-state index is 12.9. The van der Waals surface area contributed by atoms with E-state index >= 15 is 0 Å². The van der Waals surface area contributed by atoms with Crippen molar-refractivity contribution in [2.45, 2.75) is 26.2 Å². The van der Waals surface area contributed by atoms with Gasteiger partial charge in [-0.1, -0.05) is 30.4 Å². The minimum atomic E-state index is -0.200. The summed E-state index contributed by atoms with van der Waals surface area (Å²) in [7, 11) is 0. The third-order valence-corrected chi connectivity index (χ3v) is 4.76. The third-order valence-electron chi connectivity index (χ3n) is 3.78. The Morgan fingerprint density at radius 1 is 1.20 bits per heavy atom. The summed E-state index contributed by atoms with van der Waals surface area (Å²) in [6.07, 6.45) is 3.18. The van der Waals surface area contributed by atoms with Gasteiger partial charge in [0, 0.05) is 19.5 Å². The molecule has 0 saturated carbocycles. The molecule has 2 heterocycles. The van der Waals surface area contributed by atoms with Crippen LogP contribution in [0.3, 0.4) is 0 Å². The minimum absolute atomic E-state index is 0.200. The maximum absolute atomic E-state index is 12.9. The summed E-state index contributed by atoms with van der Waals surface area (Å²) >= 11 is 1.65. The molecule has 2 aromatic rings. The smallest absolute Gasteiger partial charge is 0.208 e. The van der Waals surface area contributed by atoms with E-state index < -0.39 is 0 Å². The summed E-state index contributed by atoms with van der Waals surface area (Å²) in [6, 6.07) is 6.59. The number of nitrogens with zero attached hydrogens (tertiary/aromatic N) is 3. The molecular weight excluding hydrogens is 273 g/mol. The molecule has 0 radical (unpaired) electrons. The van der Waals surface area contributed by atoms with Crippen molar-refractivity contribution in [1.29, 1.82) is 0 Å². The van der Waals surface area contributed by atoms with E-state index in [1.54, 1.807) is 23.5 Å². The number of halogens is 1. The average molecular weight is 291 g/mol. The van der Waals surface area contributed by atoms with Crippen LogP contribution >= 0.6 is 11.3 Å². The number of anilines is 1. The highest BCUT2D eigenvalue weighted by Crippen LogP contribution is 2.26. The van der Waals surface area contributed by atoms with Gasteiger partial charge in [-0.2, -0.15) is 0 Å². The molecule has 1 aliphatic heterocycles. The van der Waals surface area contributed by atoms with Gasteiger partial charge in [0.25, 0.3) is 0 Å². The van der Waals surface area contributed by atoms with Gasteiger partial charge in [0.1, 0.15) is 10.8 Å². The van der Waals surface area contributed by atoms with Gasteiger partial charge >= 0.3 is 0 Å². The normalized spacial score (nSPS) is 16.6. The van der Waals surface area contributed by atoms with E-state index in [0.29, 0.717) is 0 Å². The zero-order valence-corrected chi connectivity index (χ0v) is 12.4. The van der Waals surface area contributed by atoms with E-state index in [2.05, 4.69) is 22.0 Å². The molecule has 1 aliphatic rings. The lowest BCUT2D eigenvalue weighted by molar-refractivity contribution is 0.437. The number of aromatic nitrogens is 2. The van der Waals surface area contributed by atoms with Gasteiger partial charge < -0.3 is 4.90 Å². The number of rotatable bonds is 3. The van der Waals surface area contributed by atoms with Gasteiger partial charge in [-0.3, -0.25) is 0 Å². The van der Waals surface area contributed by atoms with Crippen molar-refractivity contribution in [3.63, 3.8) is 0 Å². The largest absolute Gasteiger partial charge is 0.347 e. The molecule has 0 amide bonds. The first kappa shape index (κ1) is 13.5. The molecule has 1 saturated heterocycles. The van der Waals surface area contributed by atoms with Gasteiger partial charge in [0.05, 0.1) is 0 Å². The van der Waals surface area contributed by atoms with Gasteiger partial charge in [0.2, 0.25) is 5.13 Å². The van der Waals surface area contributed by atoms with Crippen molar-refractivity contribution >= 4 is 16.5 Å². The lowest BCUT2D eigenvalue weighted by Gasteiger charge is -2.29. The predicted molar refractivity (Wildman–Crippen MR) is 79.7 cm³/mol. The molecule has 1 fully saturated rings. The molecule has 0 N–H and O–H groups in total. The number of benzene rings is 1. The quantitative estimate of drug-likeness (QED) is 0.866. The molecular formula is C15H18FN3S. The van der Waals surface area contributed by atoms with Crippen LogP contribution in [0, 0.1) is 11.7 Å². The van der Waals surface area contributed by atoms with Crippen LogP contribution in [-0.4, -0.2) is 23.3 Å². The Hall–Kier alpha value is -1.49. The van der Waals surface area contributed by atoms with E-state index in [1.807, 2.05) is 0 Å². The number of hydrogen-bond acceptors (Lipinski definition) is 4. The first-order valence-electron chi connectivity index (χ1n) is 7.02. The Kier molecular flexibility index (Phi) is 3.96. The molecule has 5 heteroatoms. The lowest BCUT2D eigenvalue weighted by Crippen LogP contribution is -2.32. The fraction of sp³-hybridized carbons (Fsp3) is 0.467. The summed E-state index contributed by atoms with van der Waals surface area (Å²) in [5.41, 5.74) is 1.07. The minimum Gasteiger partial charge on any atom is -0.347 e. The topological polar surface area (TPSA) is 29.0 Å². The Balaban J connectivity index is 1.66. The monoisotopic (exact) mass is 291 g/mol. The lowest BCUT2D eigenvalue weighted by atomic mass is 10.00. The summed E-state index contributed by atoms with van der Waals surface area (Å²) < 4.78 is 12.9. The molecule has 0 aliphatic carbocycles. The van der Waals surface area contributed by atoms with E-state index in [0.717, 1.165) is 41.1 Å². The van der Waals surface area contributed by atoms with Gasteiger partial charge in [-0.05, 0) is 36.5 Å². The van der Waals surface area contributed by atoms with Crippen molar-refractivity contribution in [1.82, 2.24) is 10.2 Å². The van der Waals surface area contributed by atoms with Crippen LogP contribution in [0.1, 0.15) is 30.3 Å². The van der Waals surface area contributed by atoms with Gasteiger partial charge in [0.15, 0.2) is 0 Å². The Bertz CT molecular complexity index is 559. The standard InChI is InChI=1S/C15H18FN3S/c1-11-6-8-19(9-7-11)15-18-17-14(20-15)10-12-2-4-13(16)5-3-12/h2-5,11H,6-10H2,1H3. The van der Waals surface area contributed by atoms with E-state index in [9.17, 15) is 4.39 Å². The summed E-state index contributed by atoms with van der Waals surface area (Å²) in [4.78, 5) is 2.33. The van der Waals surface area contributed by atoms with E-state index in [-0.39, 0.29) is 5.82 Å². The second kappa shape index (κ2) is 5.87. The molecule has 0 atom stereocenters. The fourth-order valence-electron chi connectivity index (χ4n) is 2.42. The predicted octanol–water partition coefficient (Wildman–Crippen LogP) is 3.50. The third kappa shape index (κ3) is 3.15. The SMILES string of the molecule is CC1CCN(c2nnc(Cc3ccc(F)cc3)s2)CC1. The molecule has 0 unspecified atom stereocenters. The van der Waals surface area contributed by atoms with Gasteiger partial charge in [-0.15, -0.1) is 10.2 Å². The van der Waals surface area contributed by atoms with E-state index in [4.69, 9.17) is 0 Å². The Morgan fingerprint density at radius 2 is 1.90 bits per heavy atom. The summed E-state index contributed by atoms with van der Waals surface area (Å²) in [5, 5.41) is 10.6. The van der Waals surface area contributed by atoms with E-state index in [1.165, 1.54) is 25.0 Å². The molecule has 0 bridgehead atoms. The van der Waals surface area contributed by atoms with Crippen LogP contribution < -0.4 is 4.90 Å². The zero-order chi connectivity index (χ0) is 13.9. The first-order chi connectivity index (χ1) is 9.70. The molecule has 1 aromatic carbocycles. The number of hydrogen-bond donors (Lipinski definition) is 0. The Labute approximate surface area is 122 Å². The highest BCUT2D eigenvalue weighted by atomic mass is 32.1. The average Bonchev–Trinajstić information content (AvgIpc) is 2.91. The molecule has 3 rings (SSSR count). The highest BCUT2D eigenvalue weighted by Gasteiger charge is 2.19. The van der Waals surface area contributed by atoms with Crippen LogP contribution in [0.4, 0.5) is 9.52 Å². The van der Waals surface area contributed by atoms with Crippen LogP contribution in [-0.2, 0) is 6.42 Å². The second-order valence-corrected chi connectivity index (χ2v) is 6.49. The van der Waals surface area contributed by atoms with Crippen LogP contribution in [0.5, 0.6) is 0 Å². The van der Waals surface area contributed by atoms with Crippen molar-refractivity contribution in [3.8, 4) is 0 Å². The Morgan fingerprint density at radius 3 is 2.60 bits per heavy atom. The van der Waals surface area contributed by atoms with Crippen molar-refractivity contribution in [2.24, 2.45) is 5.92 Å². The van der Waals surface area contributed by atoms with Crippen molar-refractivity contribution in [2.75, 3.05) is 18.0 Å². The van der Waals surface area contributed by atoms with Crippen molar-refractivity contribution < 1.29 is 4.39 Å². The highest BCUT2D eigenvalue weighted by molar-refractivity contribution is 7.15. The van der Waals surface area contributed by atoms with Gasteiger partial charge in [-0.25, -0.2) is 4.39 Å². The fourth-order valence-corrected chi connectivity index (χ4v) is 3.35. The summed E-state index contributed by atoms with van der Waals surface area (Å²) in [6.45, 7) is 4.45. The van der Waals surface area contributed by atoms with Crippen molar-refractivity contribution in [3.05, 3.63) is 40.7 Å². The molecule has 1 aromatic heterocycles. The second-order valence-electron chi connectivity index (χ2n) is 5.45.